The highest BCUT2D eigenvalue weighted by Gasteiger charge is 2.30. The fraction of sp³-hybridized carbons (Fsp3) is 0.333. The van der Waals surface area contributed by atoms with Crippen molar-refractivity contribution < 1.29 is 10.0 Å². The first-order chi connectivity index (χ1) is 9.28. The number of nitrogens with one attached hydrogen (secondary N) is 1. The molecule has 1 aromatic heterocycles. The molecule has 0 saturated heterocycles. The van der Waals surface area contributed by atoms with Crippen LogP contribution < -0.4 is 5.48 Å². The molecule has 1 amide bonds. The number of carbonyl (C=O) groups excluding carboxylic acids is 1. The van der Waals surface area contributed by atoms with Gasteiger partial charge in [0.25, 0.3) is 0 Å². The van der Waals surface area contributed by atoms with Gasteiger partial charge in [-0.1, -0.05) is 12.1 Å². The molecule has 1 aliphatic rings. The molecule has 1 saturated carbocycles. The van der Waals surface area contributed by atoms with Crippen molar-refractivity contribution in [2.75, 3.05) is 0 Å². The van der Waals surface area contributed by atoms with E-state index >= 15 is 0 Å². The molecule has 98 valence electrons. The highest BCUT2D eigenvalue weighted by Crippen LogP contribution is 2.38. The predicted molar refractivity (Wildman–Crippen MR) is 71.8 cm³/mol. The monoisotopic (exact) mass is 256 g/mol. The lowest BCUT2D eigenvalue weighted by Crippen LogP contribution is -2.26. The Morgan fingerprint density at radius 2 is 2.21 bits per heavy atom. The maximum absolute atomic E-state index is 11.4. The Hall–Kier alpha value is -1.94. The van der Waals surface area contributed by atoms with Gasteiger partial charge in [-0.25, -0.2) is 5.48 Å². The minimum atomic E-state index is -0.259. The van der Waals surface area contributed by atoms with Crippen molar-refractivity contribution in [1.82, 2.24) is 10.5 Å². The highest BCUT2D eigenvalue weighted by atomic mass is 16.5. The Labute approximate surface area is 111 Å². The second-order valence-corrected chi connectivity index (χ2v) is 5.14. The first kappa shape index (κ1) is 12.1. The SMILES string of the molecule is O=C(NO)C1CCC(c2ccc3ncccc3c2)C1. The Bertz CT molecular complexity index is 612. The van der Waals surface area contributed by atoms with Crippen molar-refractivity contribution >= 4 is 16.8 Å². The summed E-state index contributed by atoms with van der Waals surface area (Å²) in [5.41, 5.74) is 4.01. The fourth-order valence-corrected chi connectivity index (χ4v) is 2.96. The summed E-state index contributed by atoms with van der Waals surface area (Å²) in [4.78, 5) is 15.7. The van der Waals surface area contributed by atoms with Crippen LogP contribution in [0.4, 0.5) is 0 Å². The van der Waals surface area contributed by atoms with Gasteiger partial charge in [0, 0.05) is 17.5 Å². The van der Waals surface area contributed by atoms with Crippen LogP contribution in [0.3, 0.4) is 0 Å². The van der Waals surface area contributed by atoms with E-state index in [1.54, 1.807) is 11.7 Å². The zero-order chi connectivity index (χ0) is 13.2. The number of amides is 1. The Morgan fingerprint density at radius 3 is 3.05 bits per heavy atom. The molecule has 4 nitrogen and oxygen atoms in total. The standard InChI is InChI=1S/C15H16N2O2/c18-15(17-19)13-4-3-10(9-13)11-5-6-14-12(8-11)2-1-7-16-14/h1-2,5-8,10,13,19H,3-4,9H2,(H,17,18). The molecule has 0 aliphatic heterocycles. The fourth-order valence-electron chi connectivity index (χ4n) is 2.96. The van der Waals surface area contributed by atoms with Crippen molar-refractivity contribution in [2.24, 2.45) is 5.92 Å². The van der Waals surface area contributed by atoms with E-state index in [9.17, 15) is 4.79 Å². The molecular weight excluding hydrogens is 240 g/mol. The van der Waals surface area contributed by atoms with Gasteiger partial charge < -0.3 is 0 Å². The van der Waals surface area contributed by atoms with Crippen LogP contribution in [0, 0.1) is 5.92 Å². The molecule has 0 radical (unpaired) electrons. The molecule has 1 fully saturated rings. The van der Waals surface area contributed by atoms with E-state index in [0.717, 1.165) is 30.2 Å². The van der Waals surface area contributed by atoms with Gasteiger partial charge in [-0.3, -0.25) is 15.0 Å². The summed E-state index contributed by atoms with van der Waals surface area (Å²) in [6.45, 7) is 0. The molecule has 1 aromatic carbocycles. The quantitative estimate of drug-likeness (QED) is 0.641. The summed E-state index contributed by atoms with van der Waals surface area (Å²) in [6, 6.07) is 10.3. The number of nitrogens with zero attached hydrogens (tertiary/aromatic N) is 1. The lowest BCUT2D eigenvalue weighted by atomic mass is 9.95. The van der Waals surface area contributed by atoms with Gasteiger partial charge >= 0.3 is 0 Å². The smallest absolute Gasteiger partial charge is 0.246 e. The highest BCUT2D eigenvalue weighted by molar-refractivity contribution is 5.80. The minimum Gasteiger partial charge on any atom is -0.289 e. The van der Waals surface area contributed by atoms with E-state index < -0.39 is 0 Å². The molecule has 4 heteroatoms. The number of carbonyl (C=O) groups is 1. The van der Waals surface area contributed by atoms with E-state index in [-0.39, 0.29) is 11.8 Å². The Balaban J connectivity index is 1.83. The van der Waals surface area contributed by atoms with Crippen molar-refractivity contribution in [3.8, 4) is 0 Å². The van der Waals surface area contributed by atoms with Crippen LogP contribution in [0.1, 0.15) is 30.7 Å². The normalized spacial score (nSPS) is 22.6. The van der Waals surface area contributed by atoms with Gasteiger partial charge in [0.05, 0.1) is 5.52 Å². The van der Waals surface area contributed by atoms with Crippen molar-refractivity contribution in [1.29, 1.82) is 0 Å². The summed E-state index contributed by atoms with van der Waals surface area (Å²) in [7, 11) is 0. The van der Waals surface area contributed by atoms with Crippen molar-refractivity contribution in [3.05, 3.63) is 42.1 Å². The molecule has 19 heavy (non-hydrogen) atoms. The number of fused-ring (bicyclic) bond motifs is 1. The van der Waals surface area contributed by atoms with Crippen LogP contribution in [0.15, 0.2) is 36.5 Å². The number of rotatable bonds is 2. The van der Waals surface area contributed by atoms with E-state index in [0.29, 0.717) is 5.92 Å². The number of hydrogen-bond donors (Lipinski definition) is 2. The Morgan fingerprint density at radius 1 is 1.32 bits per heavy atom. The van der Waals surface area contributed by atoms with Gasteiger partial charge in [0.2, 0.25) is 5.91 Å². The van der Waals surface area contributed by atoms with Gasteiger partial charge in [-0.05, 0) is 48.9 Å². The summed E-state index contributed by atoms with van der Waals surface area (Å²) >= 11 is 0. The molecule has 0 bridgehead atoms. The third kappa shape index (κ3) is 2.31. The number of hydrogen-bond acceptors (Lipinski definition) is 3. The minimum absolute atomic E-state index is 0.0698. The maximum atomic E-state index is 11.4. The van der Waals surface area contributed by atoms with Crippen LogP contribution in [-0.4, -0.2) is 16.1 Å². The van der Waals surface area contributed by atoms with Gasteiger partial charge in [-0.15, -0.1) is 0 Å². The second-order valence-electron chi connectivity index (χ2n) is 5.14. The zero-order valence-electron chi connectivity index (χ0n) is 10.5. The van der Waals surface area contributed by atoms with Crippen LogP contribution in [0.2, 0.25) is 0 Å². The number of pyridine rings is 1. The molecule has 2 aromatic rings. The lowest BCUT2D eigenvalue weighted by Gasteiger charge is -2.11. The summed E-state index contributed by atoms with van der Waals surface area (Å²) in [5.74, 6) is 0.0662. The zero-order valence-corrected chi connectivity index (χ0v) is 10.5. The molecule has 0 spiro atoms. The second kappa shape index (κ2) is 4.97. The van der Waals surface area contributed by atoms with Crippen LogP contribution >= 0.6 is 0 Å². The third-order valence-electron chi connectivity index (χ3n) is 4.01. The van der Waals surface area contributed by atoms with Crippen molar-refractivity contribution in [2.45, 2.75) is 25.2 Å². The van der Waals surface area contributed by atoms with Gasteiger partial charge in [0.15, 0.2) is 0 Å². The van der Waals surface area contributed by atoms with Crippen LogP contribution in [0.25, 0.3) is 10.9 Å². The summed E-state index contributed by atoms with van der Waals surface area (Å²) in [6.07, 6.45) is 4.42. The predicted octanol–water partition coefficient (Wildman–Crippen LogP) is 2.62. The molecule has 3 rings (SSSR count). The largest absolute Gasteiger partial charge is 0.289 e. The first-order valence-corrected chi connectivity index (χ1v) is 6.56. The van der Waals surface area contributed by atoms with Crippen LogP contribution in [0.5, 0.6) is 0 Å². The first-order valence-electron chi connectivity index (χ1n) is 6.56. The van der Waals surface area contributed by atoms with E-state index in [4.69, 9.17) is 5.21 Å². The Kier molecular flexibility index (Phi) is 3.17. The third-order valence-corrected chi connectivity index (χ3v) is 4.01. The molecule has 2 unspecified atom stereocenters. The topological polar surface area (TPSA) is 62.2 Å². The summed E-state index contributed by atoms with van der Waals surface area (Å²) < 4.78 is 0. The molecule has 2 atom stereocenters. The average Bonchev–Trinajstić information content (AvgIpc) is 2.95. The van der Waals surface area contributed by atoms with E-state index in [1.807, 2.05) is 12.1 Å². The lowest BCUT2D eigenvalue weighted by molar-refractivity contribution is -0.133. The number of benzene rings is 1. The van der Waals surface area contributed by atoms with Gasteiger partial charge in [0.1, 0.15) is 0 Å². The molecular formula is C15H16N2O2. The average molecular weight is 256 g/mol. The van der Waals surface area contributed by atoms with Crippen LogP contribution in [-0.2, 0) is 4.79 Å². The number of aromatic nitrogens is 1. The maximum Gasteiger partial charge on any atom is 0.246 e. The van der Waals surface area contributed by atoms with Crippen molar-refractivity contribution in [3.63, 3.8) is 0 Å². The number of hydroxylamine groups is 1. The summed E-state index contributed by atoms with van der Waals surface area (Å²) in [5, 5.41) is 9.82. The van der Waals surface area contributed by atoms with Gasteiger partial charge in [-0.2, -0.15) is 0 Å². The molecule has 1 heterocycles. The molecule has 2 N–H and O–H groups in total. The van der Waals surface area contributed by atoms with E-state index in [2.05, 4.69) is 23.2 Å². The molecule has 1 aliphatic carbocycles. The van der Waals surface area contributed by atoms with E-state index in [1.165, 1.54) is 5.56 Å².